The predicted molar refractivity (Wildman–Crippen MR) is 107 cm³/mol. The van der Waals surface area contributed by atoms with E-state index in [9.17, 15) is 19.7 Å². The maximum absolute atomic E-state index is 12.2. The van der Waals surface area contributed by atoms with Crippen molar-refractivity contribution in [2.75, 3.05) is 5.32 Å². The summed E-state index contributed by atoms with van der Waals surface area (Å²) in [4.78, 5) is 34.4. The van der Waals surface area contributed by atoms with Gasteiger partial charge in [0.2, 0.25) is 0 Å². The van der Waals surface area contributed by atoms with Gasteiger partial charge in [0.05, 0.1) is 4.92 Å². The van der Waals surface area contributed by atoms with Crippen molar-refractivity contribution < 1.29 is 24.0 Å². The van der Waals surface area contributed by atoms with Gasteiger partial charge in [-0.25, -0.2) is 4.79 Å². The smallest absolute Gasteiger partial charge is 0.349 e. The number of thiophene rings is 1. The van der Waals surface area contributed by atoms with Gasteiger partial charge in [0.15, 0.2) is 6.10 Å². The second-order valence-corrected chi connectivity index (χ2v) is 6.93. The highest BCUT2D eigenvalue weighted by Gasteiger charge is 2.22. The number of hydrogen-bond acceptors (Lipinski definition) is 7. The Bertz CT molecular complexity index is 1020. The van der Waals surface area contributed by atoms with Gasteiger partial charge in [0.25, 0.3) is 5.91 Å². The number of amides is 1. The molecular weight excluding hydrogens is 396 g/mol. The minimum absolute atomic E-state index is 0.0544. The third-order valence-electron chi connectivity index (χ3n) is 3.73. The van der Waals surface area contributed by atoms with Crippen LogP contribution in [-0.2, 0) is 9.53 Å². The number of para-hydroxylation sites is 1. The number of carbonyl (C=O) groups excluding carboxylic acids is 2. The van der Waals surface area contributed by atoms with Crippen molar-refractivity contribution in [3.8, 4) is 11.5 Å². The van der Waals surface area contributed by atoms with Crippen molar-refractivity contribution >= 4 is 33.9 Å². The van der Waals surface area contributed by atoms with Crippen LogP contribution in [-0.4, -0.2) is 22.9 Å². The molecule has 1 heterocycles. The number of nitro groups is 1. The summed E-state index contributed by atoms with van der Waals surface area (Å²) < 4.78 is 10.8. The highest BCUT2D eigenvalue weighted by molar-refractivity contribution is 7.17. The fourth-order valence-electron chi connectivity index (χ4n) is 2.28. The lowest BCUT2D eigenvalue weighted by Crippen LogP contribution is -2.29. The molecule has 0 radical (unpaired) electrons. The van der Waals surface area contributed by atoms with E-state index in [1.165, 1.54) is 19.1 Å². The normalized spacial score (nSPS) is 11.3. The highest BCUT2D eigenvalue weighted by Crippen LogP contribution is 2.25. The standard InChI is InChI=1S/C20H16N2O6S/c1-13(27-20(24)17-11-12-18(29-17)22(25)26)19(23)21-14-7-9-16(10-8-14)28-15-5-3-2-4-6-15/h2-13H,1H3,(H,21,23)/t13-/m1/s1. The molecule has 0 saturated carbocycles. The Morgan fingerprint density at radius 3 is 2.28 bits per heavy atom. The number of nitrogens with one attached hydrogen (secondary N) is 1. The Balaban J connectivity index is 1.54. The monoisotopic (exact) mass is 412 g/mol. The average molecular weight is 412 g/mol. The van der Waals surface area contributed by atoms with Crippen LogP contribution in [0.3, 0.4) is 0 Å². The molecule has 0 spiro atoms. The number of ether oxygens (including phenoxy) is 2. The van der Waals surface area contributed by atoms with Gasteiger partial charge in [-0.2, -0.15) is 0 Å². The van der Waals surface area contributed by atoms with Crippen molar-refractivity contribution in [1.29, 1.82) is 0 Å². The second-order valence-electron chi connectivity index (χ2n) is 5.87. The van der Waals surface area contributed by atoms with Gasteiger partial charge in [-0.3, -0.25) is 14.9 Å². The third kappa shape index (κ3) is 5.39. The number of anilines is 1. The Kier molecular flexibility index (Phi) is 6.20. The molecule has 0 unspecified atom stereocenters. The van der Waals surface area contributed by atoms with E-state index in [0.717, 1.165) is 0 Å². The van der Waals surface area contributed by atoms with Gasteiger partial charge >= 0.3 is 11.0 Å². The zero-order valence-electron chi connectivity index (χ0n) is 15.2. The molecule has 8 nitrogen and oxygen atoms in total. The van der Waals surface area contributed by atoms with E-state index in [-0.39, 0.29) is 9.88 Å². The Labute approximate surface area is 169 Å². The van der Waals surface area contributed by atoms with Crippen LogP contribution in [0.1, 0.15) is 16.6 Å². The molecule has 1 aromatic heterocycles. The number of carbonyl (C=O) groups is 2. The van der Waals surface area contributed by atoms with Crippen LogP contribution < -0.4 is 10.1 Å². The zero-order valence-corrected chi connectivity index (χ0v) is 16.0. The second kappa shape index (κ2) is 8.98. The molecule has 1 amide bonds. The van der Waals surface area contributed by atoms with Crippen LogP contribution in [0.15, 0.2) is 66.7 Å². The van der Waals surface area contributed by atoms with Gasteiger partial charge in [0, 0.05) is 11.8 Å². The van der Waals surface area contributed by atoms with Crippen LogP contribution in [0.5, 0.6) is 11.5 Å². The van der Waals surface area contributed by atoms with Gasteiger partial charge in [-0.05, 0) is 49.4 Å². The van der Waals surface area contributed by atoms with Gasteiger partial charge in [-0.1, -0.05) is 29.5 Å². The SMILES string of the molecule is C[C@@H](OC(=O)c1ccc([N+](=O)[O-])s1)C(=O)Nc1ccc(Oc2ccccc2)cc1. The lowest BCUT2D eigenvalue weighted by atomic mass is 10.2. The summed E-state index contributed by atoms with van der Waals surface area (Å²) in [5, 5.41) is 13.1. The van der Waals surface area contributed by atoms with Crippen LogP contribution in [0.25, 0.3) is 0 Å². The molecule has 148 valence electrons. The van der Waals surface area contributed by atoms with E-state index >= 15 is 0 Å². The van der Waals surface area contributed by atoms with Gasteiger partial charge < -0.3 is 14.8 Å². The molecule has 2 aromatic carbocycles. The van der Waals surface area contributed by atoms with Crippen LogP contribution >= 0.6 is 11.3 Å². The quantitative estimate of drug-likeness (QED) is 0.344. The maximum atomic E-state index is 12.2. The average Bonchev–Trinajstić information content (AvgIpc) is 3.21. The number of rotatable bonds is 7. The first kappa shape index (κ1) is 20.0. The third-order valence-corrected chi connectivity index (χ3v) is 4.74. The van der Waals surface area contributed by atoms with E-state index in [0.29, 0.717) is 28.5 Å². The first-order valence-corrected chi connectivity index (χ1v) is 9.33. The van der Waals surface area contributed by atoms with Crippen molar-refractivity contribution in [3.63, 3.8) is 0 Å². The van der Waals surface area contributed by atoms with Crippen molar-refractivity contribution in [2.24, 2.45) is 0 Å². The van der Waals surface area contributed by atoms with Crippen molar-refractivity contribution in [1.82, 2.24) is 0 Å². The highest BCUT2D eigenvalue weighted by atomic mass is 32.1. The first-order chi connectivity index (χ1) is 13.9. The van der Waals surface area contributed by atoms with E-state index in [1.807, 2.05) is 30.3 Å². The molecule has 0 aliphatic carbocycles. The molecular formula is C20H16N2O6S. The van der Waals surface area contributed by atoms with Crippen LogP contribution in [0, 0.1) is 10.1 Å². The molecule has 0 aliphatic rings. The fraction of sp³-hybridized carbons (Fsp3) is 0.100. The Morgan fingerprint density at radius 1 is 1.00 bits per heavy atom. The number of hydrogen-bond donors (Lipinski definition) is 1. The molecule has 1 N–H and O–H groups in total. The topological polar surface area (TPSA) is 108 Å². The Hall–Kier alpha value is -3.72. The minimum Gasteiger partial charge on any atom is -0.457 e. The molecule has 9 heteroatoms. The van der Waals surface area contributed by atoms with Gasteiger partial charge in [0.1, 0.15) is 16.4 Å². The summed E-state index contributed by atoms with van der Waals surface area (Å²) in [7, 11) is 0. The number of benzene rings is 2. The zero-order chi connectivity index (χ0) is 20.8. The summed E-state index contributed by atoms with van der Waals surface area (Å²) in [5.74, 6) is -0.0231. The lowest BCUT2D eigenvalue weighted by Gasteiger charge is -2.13. The minimum atomic E-state index is -1.08. The summed E-state index contributed by atoms with van der Waals surface area (Å²) in [6, 6.07) is 18.5. The fourth-order valence-corrected chi connectivity index (χ4v) is 2.99. The Morgan fingerprint density at radius 2 is 1.66 bits per heavy atom. The molecule has 0 aliphatic heterocycles. The number of nitrogens with zero attached hydrogens (tertiary/aromatic N) is 1. The lowest BCUT2D eigenvalue weighted by molar-refractivity contribution is -0.380. The van der Waals surface area contributed by atoms with Crippen LogP contribution in [0.4, 0.5) is 10.7 Å². The summed E-state index contributed by atoms with van der Waals surface area (Å²) in [6.45, 7) is 1.42. The van der Waals surface area contributed by atoms with E-state index in [1.54, 1.807) is 24.3 Å². The largest absolute Gasteiger partial charge is 0.457 e. The molecule has 3 aromatic rings. The molecule has 3 rings (SSSR count). The van der Waals surface area contributed by atoms with E-state index in [2.05, 4.69) is 5.32 Å². The van der Waals surface area contributed by atoms with Crippen molar-refractivity contribution in [3.05, 3.63) is 81.7 Å². The molecule has 1 atom stereocenters. The summed E-state index contributed by atoms with van der Waals surface area (Å²) in [6.07, 6.45) is -1.08. The number of esters is 1. The summed E-state index contributed by atoms with van der Waals surface area (Å²) in [5.41, 5.74) is 0.505. The van der Waals surface area contributed by atoms with E-state index in [4.69, 9.17) is 9.47 Å². The maximum Gasteiger partial charge on any atom is 0.349 e. The molecule has 0 fully saturated rings. The van der Waals surface area contributed by atoms with Gasteiger partial charge in [-0.15, -0.1) is 0 Å². The molecule has 0 bridgehead atoms. The molecule has 0 saturated heterocycles. The van der Waals surface area contributed by atoms with E-state index < -0.39 is 22.9 Å². The van der Waals surface area contributed by atoms with Crippen LogP contribution in [0.2, 0.25) is 0 Å². The summed E-state index contributed by atoms with van der Waals surface area (Å²) >= 11 is 0.690. The molecule has 29 heavy (non-hydrogen) atoms. The first-order valence-electron chi connectivity index (χ1n) is 8.51. The predicted octanol–water partition coefficient (Wildman–Crippen LogP) is 4.63. The van der Waals surface area contributed by atoms with Crippen molar-refractivity contribution in [2.45, 2.75) is 13.0 Å².